The number of hydrogen-bond acceptors (Lipinski definition) is 7. The zero-order chi connectivity index (χ0) is 13.9. The van der Waals surface area contributed by atoms with Crippen molar-refractivity contribution >= 4 is 33.3 Å². The molecule has 6 nitrogen and oxygen atoms in total. The third kappa shape index (κ3) is 2.44. The molecule has 0 fully saturated rings. The third-order valence-electron chi connectivity index (χ3n) is 2.91. The molecule has 3 heterocycles. The maximum absolute atomic E-state index is 5.57. The summed E-state index contributed by atoms with van der Waals surface area (Å²) in [5.41, 5.74) is 0. The molecule has 3 aromatic heterocycles. The van der Waals surface area contributed by atoms with Crippen molar-refractivity contribution in [1.29, 1.82) is 0 Å². The molecule has 0 spiro atoms. The minimum absolute atomic E-state index is 0.505. The molecule has 0 aliphatic carbocycles. The van der Waals surface area contributed by atoms with Gasteiger partial charge in [-0.2, -0.15) is 4.98 Å². The van der Waals surface area contributed by atoms with Gasteiger partial charge in [0.1, 0.15) is 16.4 Å². The third-order valence-corrected chi connectivity index (χ3v) is 3.71. The molecule has 0 radical (unpaired) electrons. The highest BCUT2D eigenvalue weighted by Crippen LogP contribution is 2.26. The molecule has 20 heavy (non-hydrogen) atoms. The summed E-state index contributed by atoms with van der Waals surface area (Å²) in [5, 5.41) is 9.24. The first-order valence-corrected chi connectivity index (χ1v) is 7.28. The fourth-order valence-electron chi connectivity index (χ4n) is 1.85. The van der Waals surface area contributed by atoms with Gasteiger partial charge in [-0.05, 0) is 11.4 Å². The van der Waals surface area contributed by atoms with Crippen LogP contribution in [-0.2, 0) is 13.0 Å². The largest absolute Gasteiger partial charge is 0.444 e. The molecule has 0 saturated carbocycles. The molecular formula is C13H15N5OS. The summed E-state index contributed by atoms with van der Waals surface area (Å²) in [5.74, 6) is 2.94. The first-order chi connectivity index (χ1) is 9.80. The van der Waals surface area contributed by atoms with E-state index in [0.717, 1.165) is 28.2 Å². The molecule has 0 bridgehead atoms. The highest BCUT2D eigenvalue weighted by atomic mass is 32.1. The van der Waals surface area contributed by atoms with E-state index in [2.05, 4.69) is 25.6 Å². The Morgan fingerprint density at radius 2 is 2.25 bits per heavy atom. The van der Waals surface area contributed by atoms with Gasteiger partial charge < -0.3 is 15.1 Å². The minimum Gasteiger partial charge on any atom is -0.444 e. The number of anilines is 2. The summed E-state index contributed by atoms with van der Waals surface area (Å²) >= 11 is 1.59. The molecule has 0 unspecified atom stereocenters. The van der Waals surface area contributed by atoms with Gasteiger partial charge in [-0.1, -0.05) is 6.92 Å². The number of hydrogen-bond donors (Lipinski definition) is 2. The van der Waals surface area contributed by atoms with Gasteiger partial charge in [0.05, 0.1) is 18.1 Å². The summed E-state index contributed by atoms with van der Waals surface area (Å²) in [6.07, 6.45) is 2.61. The number of nitrogens with zero attached hydrogens (tertiary/aromatic N) is 3. The minimum atomic E-state index is 0.505. The summed E-state index contributed by atoms with van der Waals surface area (Å²) in [7, 11) is 1.81. The number of aryl methyl sites for hydroxylation is 1. The Labute approximate surface area is 120 Å². The average molecular weight is 289 g/mol. The number of fused-ring (bicyclic) bond motifs is 1. The van der Waals surface area contributed by atoms with Crippen LogP contribution in [0.3, 0.4) is 0 Å². The van der Waals surface area contributed by atoms with Crippen LogP contribution in [0.25, 0.3) is 10.2 Å². The van der Waals surface area contributed by atoms with Gasteiger partial charge >= 0.3 is 0 Å². The second-order valence-corrected chi connectivity index (χ2v) is 5.11. The van der Waals surface area contributed by atoms with E-state index in [9.17, 15) is 0 Å². The number of rotatable bonds is 5. The fourth-order valence-corrected chi connectivity index (χ4v) is 2.62. The molecule has 2 N–H and O–H groups in total. The van der Waals surface area contributed by atoms with Crippen molar-refractivity contribution in [2.24, 2.45) is 0 Å². The van der Waals surface area contributed by atoms with E-state index >= 15 is 0 Å². The molecule has 7 heteroatoms. The van der Waals surface area contributed by atoms with E-state index in [1.165, 1.54) is 0 Å². The van der Waals surface area contributed by atoms with E-state index < -0.39 is 0 Å². The molecule has 0 aliphatic rings. The molecule has 0 aromatic carbocycles. The van der Waals surface area contributed by atoms with Gasteiger partial charge in [-0.25, -0.2) is 9.97 Å². The second-order valence-electron chi connectivity index (χ2n) is 4.21. The maximum atomic E-state index is 5.57. The standard InChI is InChI=1S/C13H15N5OS/c1-3-8-6-15-10(19-8)7-16-11-9-4-5-20-12(9)18-13(14-2)17-11/h4-6H,3,7H2,1-2H3,(H2,14,16,17,18). The van der Waals surface area contributed by atoms with Crippen LogP contribution >= 0.6 is 11.3 Å². The Morgan fingerprint density at radius 3 is 3.00 bits per heavy atom. The highest BCUT2D eigenvalue weighted by molar-refractivity contribution is 7.16. The van der Waals surface area contributed by atoms with Crippen molar-refractivity contribution in [2.45, 2.75) is 19.9 Å². The van der Waals surface area contributed by atoms with Crippen LogP contribution in [-0.4, -0.2) is 22.0 Å². The molecule has 0 saturated heterocycles. The maximum Gasteiger partial charge on any atom is 0.225 e. The number of nitrogens with one attached hydrogen (secondary N) is 2. The topological polar surface area (TPSA) is 75.9 Å². The van der Waals surface area contributed by atoms with Crippen LogP contribution in [0.1, 0.15) is 18.6 Å². The molecule has 0 aliphatic heterocycles. The van der Waals surface area contributed by atoms with Gasteiger partial charge in [0.25, 0.3) is 0 Å². The quantitative estimate of drug-likeness (QED) is 0.752. The first-order valence-electron chi connectivity index (χ1n) is 6.40. The van der Waals surface area contributed by atoms with E-state index in [1.807, 2.05) is 18.4 Å². The Balaban J connectivity index is 1.84. The molecule has 104 valence electrons. The Bertz CT molecular complexity index is 720. The van der Waals surface area contributed by atoms with E-state index in [1.54, 1.807) is 24.6 Å². The molecule has 3 aromatic rings. The van der Waals surface area contributed by atoms with Gasteiger partial charge in [0, 0.05) is 13.5 Å². The zero-order valence-electron chi connectivity index (χ0n) is 11.3. The van der Waals surface area contributed by atoms with Crippen LogP contribution in [0.15, 0.2) is 22.1 Å². The van der Waals surface area contributed by atoms with Gasteiger partial charge in [0.2, 0.25) is 11.8 Å². The lowest BCUT2D eigenvalue weighted by Crippen LogP contribution is -2.05. The number of aromatic nitrogens is 3. The van der Waals surface area contributed by atoms with Crippen molar-refractivity contribution < 1.29 is 4.42 Å². The van der Waals surface area contributed by atoms with Crippen LogP contribution in [0, 0.1) is 0 Å². The summed E-state index contributed by atoms with van der Waals surface area (Å²) in [4.78, 5) is 14.0. The average Bonchev–Trinajstić information content (AvgIpc) is 3.12. The van der Waals surface area contributed by atoms with Crippen molar-refractivity contribution in [2.75, 3.05) is 17.7 Å². The molecule has 0 atom stereocenters. The summed E-state index contributed by atoms with van der Waals surface area (Å²) in [6, 6.07) is 2.01. The highest BCUT2D eigenvalue weighted by Gasteiger charge is 2.09. The molecule has 0 amide bonds. The lowest BCUT2D eigenvalue weighted by atomic mass is 10.4. The van der Waals surface area contributed by atoms with Gasteiger partial charge in [-0.15, -0.1) is 11.3 Å². The lowest BCUT2D eigenvalue weighted by molar-refractivity contribution is 0.465. The van der Waals surface area contributed by atoms with Crippen molar-refractivity contribution in [1.82, 2.24) is 15.0 Å². The first kappa shape index (κ1) is 12.9. The van der Waals surface area contributed by atoms with Crippen molar-refractivity contribution in [3.8, 4) is 0 Å². The van der Waals surface area contributed by atoms with E-state index in [4.69, 9.17) is 4.42 Å². The Morgan fingerprint density at radius 1 is 1.35 bits per heavy atom. The lowest BCUT2D eigenvalue weighted by Gasteiger charge is -2.06. The fraction of sp³-hybridized carbons (Fsp3) is 0.308. The molecule has 3 rings (SSSR count). The Kier molecular flexibility index (Phi) is 3.51. The second kappa shape index (κ2) is 5.46. The Hall–Kier alpha value is -2.15. The van der Waals surface area contributed by atoms with E-state index in [0.29, 0.717) is 18.4 Å². The van der Waals surface area contributed by atoms with Gasteiger partial charge in [0.15, 0.2) is 0 Å². The SMILES string of the molecule is CCc1cnc(CNc2nc(NC)nc3sccc23)o1. The monoisotopic (exact) mass is 289 g/mol. The number of thiophene rings is 1. The van der Waals surface area contributed by atoms with Gasteiger partial charge in [-0.3, -0.25) is 0 Å². The zero-order valence-corrected chi connectivity index (χ0v) is 12.1. The van der Waals surface area contributed by atoms with Crippen LogP contribution in [0.4, 0.5) is 11.8 Å². The summed E-state index contributed by atoms with van der Waals surface area (Å²) in [6.45, 7) is 2.54. The van der Waals surface area contributed by atoms with Crippen LogP contribution in [0.2, 0.25) is 0 Å². The molecular weight excluding hydrogens is 274 g/mol. The van der Waals surface area contributed by atoms with Crippen molar-refractivity contribution in [3.05, 3.63) is 29.3 Å². The van der Waals surface area contributed by atoms with Crippen LogP contribution in [0.5, 0.6) is 0 Å². The van der Waals surface area contributed by atoms with Crippen molar-refractivity contribution in [3.63, 3.8) is 0 Å². The summed E-state index contributed by atoms with van der Waals surface area (Å²) < 4.78 is 5.57. The predicted octanol–water partition coefficient (Wildman–Crippen LogP) is 2.90. The van der Waals surface area contributed by atoms with Crippen LogP contribution < -0.4 is 10.6 Å². The smallest absolute Gasteiger partial charge is 0.225 e. The number of oxazole rings is 1. The normalized spacial score (nSPS) is 10.9. The van der Waals surface area contributed by atoms with E-state index in [-0.39, 0.29) is 0 Å². The predicted molar refractivity (Wildman–Crippen MR) is 80.2 cm³/mol.